The SMILES string of the molecule is CCCN(CC(=O)OC)Cc1cn2ccsc2n1. The molecule has 0 spiro atoms. The van der Waals surface area contributed by atoms with E-state index in [1.807, 2.05) is 22.2 Å². The number of thiazole rings is 1. The molecule has 0 aliphatic heterocycles. The van der Waals surface area contributed by atoms with Crippen molar-refractivity contribution in [2.24, 2.45) is 0 Å². The quantitative estimate of drug-likeness (QED) is 0.749. The maximum Gasteiger partial charge on any atom is 0.319 e. The summed E-state index contributed by atoms with van der Waals surface area (Å²) < 4.78 is 6.71. The van der Waals surface area contributed by atoms with Gasteiger partial charge in [0.05, 0.1) is 19.3 Å². The lowest BCUT2D eigenvalue weighted by Gasteiger charge is -2.18. The molecule has 0 aliphatic rings. The zero-order valence-corrected chi connectivity index (χ0v) is 11.4. The van der Waals surface area contributed by atoms with Gasteiger partial charge in [-0.25, -0.2) is 4.98 Å². The lowest BCUT2D eigenvalue weighted by atomic mass is 10.3. The van der Waals surface area contributed by atoms with Crippen LogP contribution in [0.1, 0.15) is 19.0 Å². The van der Waals surface area contributed by atoms with Gasteiger partial charge in [0.15, 0.2) is 4.96 Å². The van der Waals surface area contributed by atoms with Crippen LogP contribution in [-0.4, -0.2) is 40.5 Å². The summed E-state index contributed by atoms with van der Waals surface area (Å²) in [5.41, 5.74) is 0.985. The average Bonchev–Trinajstić information content (AvgIpc) is 2.89. The summed E-state index contributed by atoms with van der Waals surface area (Å²) in [6, 6.07) is 0. The predicted molar refractivity (Wildman–Crippen MR) is 70.7 cm³/mol. The van der Waals surface area contributed by atoms with Crippen molar-refractivity contribution in [1.29, 1.82) is 0 Å². The molecule has 0 bridgehead atoms. The Morgan fingerprint density at radius 3 is 3.11 bits per heavy atom. The van der Waals surface area contributed by atoms with E-state index in [0.717, 1.165) is 23.6 Å². The molecule has 0 radical (unpaired) electrons. The highest BCUT2D eigenvalue weighted by molar-refractivity contribution is 7.15. The third kappa shape index (κ3) is 3.08. The van der Waals surface area contributed by atoms with Gasteiger partial charge in [0.1, 0.15) is 0 Å². The van der Waals surface area contributed by atoms with Gasteiger partial charge in [-0.2, -0.15) is 0 Å². The number of fused-ring (bicyclic) bond motifs is 1. The smallest absolute Gasteiger partial charge is 0.319 e. The monoisotopic (exact) mass is 267 g/mol. The number of imidazole rings is 1. The van der Waals surface area contributed by atoms with E-state index in [-0.39, 0.29) is 5.97 Å². The van der Waals surface area contributed by atoms with Crippen LogP contribution in [0, 0.1) is 0 Å². The molecule has 18 heavy (non-hydrogen) atoms. The number of carbonyl (C=O) groups is 1. The largest absolute Gasteiger partial charge is 0.468 e. The summed E-state index contributed by atoms with van der Waals surface area (Å²) in [6.45, 7) is 3.95. The minimum atomic E-state index is -0.204. The van der Waals surface area contributed by atoms with Gasteiger partial charge in [0.2, 0.25) is 0 Å². The van der Waals surface area contributed by atoms with Crippen LogP contribution in [0.4, 0.5) is 0 Å². The molecule has 6 heteroatoms. The van der Waals surface area contributed by atoms with E-state index in [1.54, 1.807) is 11.3 Å². The molecular formula is C12H17N3O2S. The van der Waals surface area contributed by atoms with Crippen LogP contribution in [0.2, 0.25) is 0 Å². The second kappa shape index (κ2) is 5.97. The Labute approximate surface area is 110 Å². The van der Waals surface area contributed by atoms with Crippen LogP contribution < -0.4 is 0 Å². The molecule has 0 unspecified atom stereocenters. The standard InChI is InChI=1S/C12H17N3O2S/c1-3-4-14(9-11(16)17-2)7-10-8-15-5-6-18-12(15)13-10/h5-6,8H,3-4,7,9H2,1-2H3. The molecule has 0 aliphatic carbocycles. The Kier molecular flexibility index (Phi) is 4.33. The van der Waals surface area contributed by atoms with Gasteiger partial charge in [-0.1, -0.05) is 6.92 Å². The van der Waals surface area contributed by atoms with Crippen molar-refractivity contribution in [2.75, 3.05) is 20.2 Å². The molecule has 2 aromatic heterocycles. The fourth-order valence-electron chi connectivity index (χ4n) is 1.86. The molecule has 98 valence electrons. The van der Waals surface area contributed by atoms with Gasteiger partial charge >= 0.3 is 5.97 Å². The van der Waals surface area contributed by atoms with Crippen molar-refractivity contribution in [3.8, 4) is 0 Å². The number of hydrogen-bond acceptors (Lipinski definition) is 5. The number of aromatic nitrogens is 2. The Morgan fingerprint density at radius 1 is 1.61 bits per heavy atom. The Balaban J connectivity index is 2.03. The maximum atomic E-state index is 11.3. The van der Waals surface area contributed by atoms with E-state index in [9.17, 15) is 4.79 Å². The van der Waals surface area contributed by atoms with Crippen LogP contribution in [0.15, 0.2) is 17.8 Å². The van der Waals surface area contributed by atoms with Crippen LogP contribution in [0.5, 0.6) is 0 Å². The average molecular weight is 267 g/mol. The van der Waals surface area contributed by atoms with Crippen LogP contribution in [0.25, 0.3) is 4.96 Å². The molecule has 0 aromatic carbocycles. The highest BCUT2D eigenvalue weighted by atomic mass is 32.1. The summed E-state index contributed by atoms with van der Waals surface area (Å²) in [5.74, 6) is -0.204. The molecule has 0 atom stereocenters. The third-order valence-electron chi connectivity index (χ3n) is 2.65. The van der Waals surface area contributed by atoms with Crippen LogP contribution in [0.3, 0.4) is 0 Å². The fraction of sp³-hybridized carbons (Fsp3) is 0.500. The van der Waals surface area contributed by atoms with Crippen molar-refractivity contribution in [2.45, 2.75) is 19.9 Å². The van der Waals surface area contributed by atoms with Crippen molar-refractivity contribution in [1.82, 2.24) is 14.3 Å². The number of nitrogens with zero attached hydrogens (tertiary/aromatic N) is 3. The fourth-order valence-corrected chi connectivity index (χ4v) is 2.58. The van der Waals surface area contributed by atoms with E-state index in [1.165, 1.54) is 7.11 Å². The molecule has 0 saturated heterocycles. The zero-order chi connectivity index (χ0) is 13.0. The summed E-state index contributed by atoms with van der Waals surface area (Å²) in [7, 11) is 1.42. The third-order valence-corrected chi connectivity index (χ3v) is 3.42. The number of ether oxygens (including phenoxy) is 1. The molecule has 0 fully saturated rings. The van der Waals surface area contributed by atoms with Crippen molar-refractivity contribution in [3.63, 3.8) is 0 Å². The topological polar surface area (TPSA) is 46.8 Å². The normalized spacial score (nSPS) is 11.3. The van der Waals surface area contributed by atoms with Gasteiger partial charge in [-0.3, -0.25) is 14.1 Å². The Morgan fingerprint density at radius 2 is 2.44 bits per heavy atom. The van der Waals surface area contributed by atoms with E-state index in [2.05, 4.69) is 16.8 Å². The van der Waals surface area contributed by atoms with E-state index >= 15 is 0 Å². The lowest BCUT2D eigenvalue weighted by molar-refractivity contribution is -0.142. The molecule has 2 rings (SSSR count). The number of methoxy groups -OCH3 is 1. The number of esters is 1. The molecule has 2 aromatic rings. The number of hydrogen-bond donors (Lipinski definition) is 0. The van der Waals surface area contributed by atoms with Crippen LogP contribution in [-0.2, 0) is 16.1 Å². The van der Waals surface area contributed by atoms with Gasteiger partial charge in [0.25, 0.3) is 0 Å². The first-order valence-electron chi connectivity index (χ1n) is 5.93. The van der Waals surface area contributed by atoms with E-state index < -0.39 is 0 Å². The Bertz CT molecular complexity index is 492. The highest BCUT2D eigenvalue weighted by Crippen LogP contribution is 2.13. The highest BCUT2D eigenvalue weighted by Gasteiger charge is 2.12. The second-order valence-corrected chi connectivity index (χ2v) is 4.98. The number of carbonyl (C=O) groups excluding carboxylic acids is 1. The summed E-state index contributed by atoms with van der Waals surface area (Å²) in [5, 5.41) is 2.00. The van der Waals surface area contributed by atoms with E-state index in [0.29, 0.717) is 13.1 Å². The molecule has 2 heterocycles. The first kappa shape index (κ1) is 13.0. The van der Waals surface area contributed by atoms with Gasteiger partial charge in [-0.05, 0) is 13.0 Å². The predicted octanol–water partition coefficient (Wildman–Crippen LogP) is 1.78. The Hall–Kier alpha value is -1.40. The zero-order valence-electron chi connectivity index (χ0n) is 10.6. The van der Waals surface area contributed by atoms with Crippen LogP contribution >= 0.6 is 11.3 Å². The van der Waals surface area contributed by atoms with E-state index in [4.69, 9.17) is 4.74 Å². The molecule has 0 saturated carbocycles. The molecule has 0 amide bonds. The van der Waals surface area contributed by atoms with Crippen molar-refractivity contribution < 1.29 is 9.53 Å². The molecular weight excluding hydrogens is 250 g/mol. The first-order valence-corrected chi connectivity index (χ1v) is 6.81. The number of rotatable bonds is 6. The maximum absolute atomic E-state index is 11.3. The minimum absolute atomic E-state index is 0.204. The van der Waals surface area contributed by atoms with Gasteiger partial charge in [0, 0.05) is 24.3 Å². The van der Waals surface area contributed by atoms with Gasteiger partial charge in [-0.15, -0.1) is 11.3 Å². The summed E-state index contributed by atoms with van der Waals surface area (Å²) in [4.78, 5) is 18.9. The first-order chi connectivity index (χ1) is 8.72. The molecule has 0 N–H and O–H groups in total. The van der Waals surface area contributed by atoms with Crippen molar-refractivity contribution in [3.05, 3.63) is 23.5 Å². The van der Waals surface area contributed by atoms with Crippen molar-refractivity contribution >= 4 is 22.3 Å². The summed E-state index contributed by atoms with van der Waals surface area (Å²) >= 11 is 1.61. The van der Waals surface area contributed by atoms with Gasteiger partial charge < -0.3 is 4.74 Å². The lowest BCUT2D eigenvalue weighted by Crippen LogP contribution is -2.31. The minimum Gasteiger partial charge on any atom is -0.468 e. The molecule has 5 nitrogen and oxygen atoms in total. The second-order valence-electron chi connectivity index (χ2n) is 4.11. The summed E-state index contributed by atoms with van der Waals surface area (Å²) in [6.07, 6.45) is 4.99.